The second kappa shape index (κ2) is 26.6. The maximum absolute atomic E-state index is 2.40. The average molecular weight is 1180 g/mol. The van der Waals surface area contributed by atoms with E-state index in [0.717, 1.165) is 0 Å². The molecule has 372 valence electrons. The van der Waals surface area contributed by atoms with Crippen LogP contribution in [0.4, 0.5) is 0 Å². The first-order chi connectivity index (χ1) is 32.1. The van der Waals surface area contributed by atoms with Crippen LogP contribution in [-0.2, 0) is 52.4 Å². The predicted molar refractivity (Wildman–Crippen MR) is 311 cm³/mol. The van der Waals surface area contributed by atoms with Gasteiger partial charge in [0.15, 0.2) is 0 Å². The van der Waals surface area contributed by atoms with E-state index in [1.807, 2.05) is 0 Å². The summed E-state index contributed by atoms with van der Waals surface area (Å²) >= 11 is 0. The Kier molecular flexibility index (Phi) is 23.4. The van der Waals surface area contributed by atoms with Gasteiger partial charge in [0.05, 0.1) is 0 Å². The van der Waals surface area contributed by atoms with Gasteiger partial charge in [0, 0.05) is 0 Å². The molecule has 0 unspecified atom stereocenters. The molecule has 0 heterocycles. The fourth-order valence-corrected chi connectivity index (χ4v) is 18.8. The van der Waals surface area contributed by atoms with Crippen molar-refractivity contribution in [2.45, 2.75) is 118 Å². The molecular weight excluding hydrogens is 1110 g/mol. The standard InChI is InChI=1S/2C17H24P.2C16H13.2ClH.2Zr/c2*1-16(2,3)18(17(4,5)6)15-11-13-9-7-8-10-14(13)12-15;2*1-12-10-14-8-5-9-15(16(14)11-12)13-6-3-2-4-7-13;;;;/h2*7-12H,1-6H3;2*2-11H,1H3;2*1H;;/q4*-1;;;2*+2/p-2. The van der Waals surface area contributed by atoms with Crippen LogP contribution in [0.15, 0.2) is 194 Å². The van der Waals surface area contributed by atoms with E-state index in [0.29, 0.717) is 20.6 Å². The summed E-state index contributed by atoms with van der Waals surface area (Å²) in [6, 6.07) is 70.1. The summed E-state index contributed by atoms with van der Waals surface area (Å²) in [5.74, 6) is 0. The second-order valence-corrected chi connectivity index (χ2v) is 30.2. The van der Waals surface area contributed by atoms with Crippen molar-refractivity contribution in [3.8, 4) is 22.3 Å². The van der Waals surface area contributed by atoms with E-state index in [-0.39, 0.29) is 93.1 Å². The summed E-state index contributed by atoms with van der Waals surface area (Å²) in [6.07, 6.45) is 0. The van der Waals surface area contributed by atoms with E-state index in [1.165, 1.54) is 76.5 Å². The van der Waals surface area contributed by atoms with E-state index in [9.17, 15) is 0 Å². The van der Waals surface area contributed by atoms with Crippen LogP contribution in [0, 0.1) is 13.8 Å². The van der Waals surface area contributed by atoms with E-state index >= 15 is 0 Å². The fourth-order valence-electron chi connectivity index (χ4n) is 10.6. The van der Waals surface area contributed by atoms with Crippen LogP contribution in [0.2, 0.25) is 0 Å². The first-order valence-corrected chi connectivity index (χ1v) is 27.1. The quantitative estimate of drug-likeness (QED) is 0.122. The Labute approximate surface area is 487 Å². The largest absolute Gasteiger partial charge is 2.00 e. The van der Waals surface area contributed by atoms with Crippen molar-refractivity contribution in [2.75, 3.05) is 0 Å². The van der Waals surface area contributed by atoms with Crippen molar-refractivity contribution < 1.29 is 77.2 Å². The molecule has 0 radical (unpaired) electrons. The third-order valence-electron chi connectivity index (χ3n) is 12.4. The van der Waals surface area contributed by atoms with Crippen LogP contribution in [0.1, 0.15) is 94.2 Å². The van der Waals surface area contributed by atoms with Gasteiger partial charge < -0.3 is 24.8 Å². The van der Waals surface area contributed by atoms with Crippen LogP contribution in [0.3, 0.4) is 0 Å². The summed E-state index contributed by atoms with van der Waals surface area (Å²) in [5, 5.41) is 15.4. The van der Waals surface area contributed by atoms with Gasteiger partial charge in [0.25, 0.3) is 0 Å². The molecule has 10 aromatic rings. The predicted octanol–water partition coefficient (Wildman–Crippen LogP) is 13.6. The smallest absolute Gasteiger partial charge is 1.00 e. The van der Waals surface area contributed by atoms with Gasteiger partial charge in [0.2, 0.25) is 0 Å². The number of halogens is 2. The van der Waals surface area contributed by atoms with Crippen LogP contribution in [0.5, 0.6) is 0 Å². The molecule has 0 aliphatic heterocycles. The molecule has 0 nitrogen and oxygen atoms in total. The molecule has 72 heavy (non-hydrogen) atoms. The molecule has 0 saturated heterocycles. The Bertz CT molecular complexity index is 2880. The maximum Gasteiger partial charge on any atom is 2.00 e. The van der Waals surface area contributed by atoms with Gasteiger partial charge in [-0.25, -0.2) is 0 Å². The van der Waals surface area contributed by atoms with Crippen LogP contribution < -0.4 is 35.4 Å². The molecule has 10 rings (SSSR count). The van der Waals surface area contributed by atoms with Gasteiger partial charge in [-0.2, -0.15) is 24.3 Å². The van der Waals surface area contributed by atoms with Gasteiger partial charge in [-0.15, -0.1) is 150 Å². The van der Waals surface area contributed by atoms with Crippen molar-refractivity contribution in [1.29, 1.82) is 0 Å². The van der Waals surface area contributed by atoms with Crippen molar-refractivity contribution in [1.82, 2.24) is 0 Å². The summed E-state index contributed by atoms with van der Waals surface area (Å²) in [5.41, 5.74) is 7.89. The Morgan fingerprint density at radius 2 is 0.611 bits per heavy atom. The molecule has 0 bridgehead atoms. The molecule has 0 aromatic heterocycles. The third-order valence-corrected chi connectivity index (χ3v) is 19.3. The zero-order chi connectivity index (χ0) is 49.0. The topological polar surface area (TPSA) is 0 Å². The van der Waals surface area contributed by atoms with Crippen molar-refractivity contribution in [3.63, 3.8) is 0 Å². The van der Waals surface area contributed by atoms with Crippen molar-refractivity contribution >= 4 is 69.5 Å². The molecule has 10 aromatic carbocycles. The fraction of sp³-hybridized carbons (Fsp3) is 0.273. The number of aryl methyl sites for hydroxylation is 2. The number of rotatable bonds is 4. The Morgan fingerprint density at radius 1 is 0.319 bits per heavy atom. The Hall–Kier alpha value is -3.03. The van der Waals surface area contributed by atoms with E-state index < -0.39 is 0 Å². The maximum atomic E-state index is 2.40. The molecule has 0 aliphatic rings. The van der Waals surface area contributed by atoms with Crippen molar-refractivity contribution in [3.05, 3.63) is 205 Å². The minimum Gasteiger partial charge on any atom is -1.00 e. The van der Waals surface area contributed by atoms with Gasteiger partial charge in [-0.1, -0.05) is 209 Å². The molecular formula is C66H74Cl2P2Zr2-2. The Morgan fingerprint density at radius 3 is 0.917 bits per heavy atom. The average Bonchev–Trinajstić information content (AvgIpc) is 4.06. The van der Waals surface area contributed by atoms with E-state index in [2.05, 4.69) is 291 Å². The second-order valence-electron chi connectivity index (χ2n) is 22.5. The summed E-state index contributed by atoms with van der Waals surface area (Å²) in [6.45, 7) is 32.8. The molecule has 0 spiro atoms. The summed E-state index contributed by atoms with van der Waals surface area (Å²) in [7, 11) is -0.369. The summed E-state index contributed by atoms with van der Waals surface area (Å²) < 4.78 is 0. The molecule has 0 aliphatic carbocycles. The molecule has 6 heteroatoms. The van der Waals surface area contributed by atoms with Crippen molar-refractivity contribution in [2.24, 2.45) is 0 Å². The van der Waals surface area contributed by atoms with Gasteiger partial charge in [0.1, 0.15) is 0 Å². The minimum absolute atomic E-state index is 0. The molecule has 0 amide bonds. The van der Waals surface area contributed by atoms with Crippen LogP contribution in [-0.4, -0.2) is 20.6 Å². The number of hydrogen-bond donors (Lipinski definition) is 0. The molecule has 0 fully saturated rings. The van der Waals surface area contributed by atoms with Gasteiger partial charge in [-0.3, -0.25) is 0 Å². The normalized spacial score (nSPS) is 11.6. The SMILES string of the molecule is CC(C)(C)P(c1cc2ccccc2[cH-]1)C(C)(C)C.CC(C)(C)P(c1cc2ccccc2[cH-]1)C(C)(C)C.Cc1cc2c(-c3ccccc3)cccc2[cH-]1.Cc1cc2c(-c3ccccc3)cccc2[cH-]1.[Cl-].[Cl-].[Zr+2].[Zr+2]. The van der Waals surface area contributed by atoms with E-state index in [1.54, 1.807) is 10.6 Å². The molecule has 0 saturated carbocycles. The van der Waals surface area contributed by atoms with Crippen LogP contribution >= 0.6 is 15.8 Å². The number of hydrogen-bond acceptors (Lipinski definition) is 0. The molecule has 0 N–H and O–H groups in total. The monoisotopic (exact) mass is 1180 g/mol. The zero-order valence-electron chi connectivity index (χ0n) is 45.1. The van der Waals surface area contributed by atoms with E-state index in [4.69, 9.17) is 0 Å². The third kappa shape index (κ3) is 16.0. The van der Waals surface area contributed by atoms with Gasteiger partial charge in [-0.05, 0) is 31.8 Å². The Balaban J connectivity index is 0.000000249. The zero-order valence-corrected chi connectivity index (χ0v) is 53.3. The molecule has 0 atom stereocenters. The van der Waals surface area contributed by atoms with Gasteiger partial charge >= 0.3 is 52.4 Å². The number of benzene rings is 6. The number of fused-ring (bicyclic) bond motifs is 4. The minimum atomic E-state index is -0.185. The first-order valence-electron chi connectivity index (χ1n) is 24.4. The first kappa shape index (κ1) is 63.3. The van der Waals surface area contributed by atoms with Crippen LogP contribution in [0.25, 0.3) is 65.3 Å². The summed E-state index contributed by atoms with van der Waals surface area (Å²) in [4.78, 5) is 0.